The molecule has 15 heavy (non-hydrogen) atoms. The summed E-state index contributed by atoms with van der Waals surface area (Å²) in [5.74, 6) is 0.0347. The van der Waals surface area contributed by atoms with E-state index in [9.17, 15) is 4.79 Å². The fourth-order valence-corrected chi connectivity index (χ4v) is 0.587. The minimum absolute atomic E-state index is 0. The van der Waals surface area contributed by atoms with Crippen molar-refractivity contribution in [2.24, 2.45) is 0 Å². The van der Waals surface area contributed by atoms with Crippen molar-refractivity contribution in [2.75, 3.05) is 7.11 Å². The number of para-hydroxylation sites is 1. The summed E-state index contributed by atoms with van der Waals surface area (Å²) in [6.45, 7) is 4.00. The van der Waals surface area contributed by atoms with E-state index in [0.717, 1.165) is 7.11 Å². The Kier molecular flexibility index (Phi) is 31.1. The second kappa shape index (κ2) is 19.3. The van der Waals surface area contributed by atoms with Crippen LogP contribution in [0.25, 0.3) is 0 Å². The predicted molar refractivity (Wildman–Crippen MR) is 59.4 cm³/mol. The number of phenolic OH excluding ortho intramolecular Hbond substituents is 1. The Morgan fingerprint density at radius 3 is 1.80 bits per heavy atom. The van der Waals surface area contributed by atoms with Crippen LogP contribution < -0.4 is 0 Å². The van der Waals surface area contributed by atoms with Crippen molar-refractivity contribution in [2.45, 2.75) is 13.8 Å². The molecule has 0 bridgehead atoms. The second-order valence-corrected chi connectivity index (χ2v) is 1.68. The third-order valence-corrected chi connectivity index (χ3v) is 1.06. The van der Waals surface area contributed by atoms with Crippen molar-refractivity contribution in [3.63, 3.8) is 0 Å². The first-order chi connectivity index (χ1) is 6.34. The second-order valence-electron chi connectivity index (χ2n) is 1.68. The van der Waals surface area contributed by atoms with Gasteiger partial charge in [-0.15, -0.1) is 0 Å². The fourth-order valence-electron chi connectivity index (χ4n) is 0.587. The molecule has 0 aromatic heterocycles. The zero-order valence-corrected chi connectivity index (χ0v) is 12.6. The standard InChI is InChI=1S/C7H6O2.C2H6.CH4O.CH3.Y/c8-5-6-3-1-2-4-7(6)9;2*1-2;;/h1-5,9H;1-2H3;2H,1H3;1H3;/q;;;-1;. The van der Waals surface area contributed by atoms with Crippen LogP contribution in [0.5, 0.6) is 5.75 Å². The monoisotopic (exact) mass is 288 g/mol. The van der Waals surface area contributed by atoms with Crippen LogP contribution >= 0.6 is 0 Å². The Bertz CT molecular complexity index is 227. The summed E-state index contributed by atoms with van der Waals surface area (Å²) >= 11 is 0. The Labute approximate surface area is 117 Å². The third kappa shape index (κ3) is 11.7. The molecule has 1 radical (unpaired) electrons. The van der Waals surface area contributed by atoms with Gasteiger partial charge in [-0.2, -0.15) is 0 Å². The first-order valence-electron chi connectivity index (χ1n) is 4.02. The quantitative estimate of drug-likeness (QED) is 0.616. The maximum atomic E-state index is 10.1. The molecule has 0 saturated carbocycles. The molecular formula is C11H19O3Y-. The molecule has 0 aliphatic carbocycles. The number of aliphatic hydroxyl groups is 1. The number of aromatic hydroxyl groups is 1. The van der Waals surface area contributed by atoms with Gasteiger partial charge in [0.1, 0.15) is 5.75 Å². The van der Waals surface area contributed by atoms with Gasteiger partial charge in [-0.3, -0.25) is 4.79 Å². The molecule has 0 heterocycles. The van der Waals surface area contributed by atoms with Gasteiger partial charge in [-0.05, 0) is 12.1 Å². The smallest absolute Gasteiger partial charge is 0.153 e. The molecule has 1 rings (SSSR count). The van der Waals surface area contributed by atoms with Crippen molar-refractivity contribution >= 4 is 6.29 Å². The van der Waals surface area contributed by atoms with Crippen LogP contribution in [0.3, 0.4) is 0 Å². The van der Waals surface area contributed by atoms with Gasteiger partial charge < -0.3 is 17.6 Å². The summed E-state index contributed by atoms with van der Waals surface area (Å²) in [5.41, 5.74) is 0.331. The minimum Gasteiger partial charge on any atom is -0.507 e. The molecule has 3 nitrogen and oxygen atoms in total. The molecule has 0 saturated heterocycles. The SMILES string of the molecule is CC.CO.O=Cc1ccccc1O.[CH3-].[Y]. The van der Waals surface area contributed by atoms with E-state index in [1.54, 1.807) is 18.2 Å². The molecule has 1 aromatic carbocycles. The number of rotatable bonds is 1. The predicted octanol–water partition coefficient (Wildman–Crippen LogP) is 2.29. The number of phenols is 1. The molecule has 0 fully saturated rings. The van der Waals surface area contributed by atoms with Crippen LogP contribution in [0.4, 0.5) is 0 Å². The average molecular weight is 288 g/mol. The zero-order chi connectivity index (χ0) is 10.7. The number of carbonyl (C=O) groups excluding carboxylic acids is 1. The van der Waals surface area contributed by atoms with E-state index < -0.39 is 0 Å². The summed E-state index contributed by atoms with van der Waals surface area (Å²) in [6.07, 6.45) is 0.620. The van der Waals surface area contributed by atoms with E-state index in [-0.39, 0.29) is 45.9 Å². The molecule has 85 valence electrons. The largest absolute Gasteiger partial charge is 0.507 e. The summed E-state index contributed by atoms with van der Waals surface area (Å²) in [6, 6.07) is 6.40. The van der Waals surface area contributed by atoms with Gasteiger partial charge in [-0.1, -0.05) is 26.0 Å². The number of carbonyl (C=O) groups is 1. The summed E-state index contributed by atoms with van der Waals surface area (Å²) < 4.78 is 0. The maximum absolute atomic E-state index is 10.1. The summed E-state index contributed by atoms with van der Waals surface area (Å²) in [7, 11) is 1.00. The van der Waals surface area contributed by atoms with Crippen LogP contribution in [-0.4, -0.2) is 23.6 Å². The molecule has 0 unspecified atom stereocenters. The first kappa shape index (κ1) is 24.1. The topological polar surface area (TPSA) is 57.5 Å². The third-order valence-electron chi connectivity index (χ3n) is 1.06. The average Bonchev–Trinajstić information content (AvgIpc) is 2.24. The van der Waals surface area contributed by atoms with E-state index in [4.69, 9.17) is 10.2 Å². The number of hydrogen-bond acceptors (Lipinski definition) is 3. The van der Waals surface area contributed by atoms with Crippen molar-refractivity contribution in [3.8, 4) is 5.75 Å². The Balaban J connectivity index is -0.0000000910. The van der Waals surface area contributed by atoms with E-state index in [2.05, 4.69) is 0 Å². The molecule has 0 aliphatic heterocycles. The Morgan fingerprint density at radius 1 is 1.13 bits per heavy atom. The van der Waals surface area contributed by atoms with Gasteiger partial charge in [0, 0.05) is 39.8 Å². The van der Waals surface area contributed by atoms with Crippen LogP contribution in [0.15, 0.2) is 24.3 Å². The van der Waals surface area contributed by atoms with Crippen molar-refractivity contribution < 1.29 is 47.7 Å². The van der Waals surface area contributed by atoms with Gasteiger partial charge in [0.2, 0.25) is 0 Å². The van der Waals surface area contributed by atoms with Crippen LogP contribution in [0, 0.1) is 7.43 Å². The fraction of sp³-hybridized carbons (Fsp3) is 0.273. The van der Waals surface area contributed by atoms with Gasteiger partial charge in [0.15, 0.2) is 6.29 Å². The van der Waals surface area contributed by atoms with Crippen LogP contribution in [0.2, 0.25) is 0 Å². The molecule has 0 aliphatic rings. The normalized spacial score (nSPS) is 6.13. The van der Waals surface area contributed by atoms with Crippen LogP contribution in [-0.2, 0) is 32.7 Å². The summed E-state index contributed by atoms with van der Waals surface area (Å²) in [4.78, 5) is 10.1. The minimum atomic E-state index is 0. The van der Waals surface area contributed by atoms with E-state index in [1.165, 1.54) is 6.07 Å². The maximum Gasteiger partial charge on any atom is 0.153 e. The van der Waals surface area contributed by atoms with E-state index in [1.807, 2.05) is 13.8 Å². The van der Waals surface area contributed by atoms with Crippen molar-refractivity contribution in [3.05, 3.63) is 37.3 Å². The van der Waals surface area contributed by atoms with E-state index in [0.29, 0.717) is 11.8 Å². The van der Waals surface area contributed by atoms with Gasteiger partial charge in [0.25, 0.3) is 0 Å². The first-order valence-corrected chi connectivity index (χ1v) is 4.02. The number of aliphatic hydroxyl groups excluding tert-OH is 1. The van der Waals surface area contributed by atoms with Gasteiger partial charge in [0.05, 0.1) is 5.56 Å². The molecular weight excluding hydrogens is 269 g/mol. The molecule has 0 atom stereocenters. The molecule has 4 heteroatoms. The Hall–Kier alpha value is -0.246. The number of aldehydes is 1. The molecule has 1 aromatic rings. The zero-order valence-electron chi connectivity index (χ0n) is 9.77. The van der Waals surface area contributed by atoms with Crippen LogP contribution in [0.1, 0.15) is 24.2 Å². The number of hydrogen-bond donors (Lipinski definition) is 2. The number of benzene rings is 1. The summed E-state index contributed by atoms with van der Waals surface area (Å²) in [5, 5.41) is 15.9. The van der Waals surface area contributed by atoms with Crippen molar-refractivity contribution in [1.82, 2.24) is 0 Å². The molecule has 0 spiro atoms. The van der Waals surface area contributed by atoms with Crippen molar-refractivity contribution in [1.29, 1.82) is 0 Å². The van der Waals surface area contributed by atoms with E-state index >= 15 is 0 Å². The molecule has 2 N–H and O–H groups in total. The van der Waals surface area contributed by atoms with Gasteiger partial charge >= 0.3 is 0 Å². The molecule has 0 amide bonds. The van der Waals surface area contributed by atoms with Gasteiger partial charge in [-0.25, -0.2) is 0 Å². The Morgan fingerprint density at radius 2 is 1.53 bits per heavy atom.